The monoisotopic (exact) mass is 536 g/mol. The first kappa shape index (κ1) is 24.3. The highest BCUT2D eigenvalue weighted by Gasteiger charge is 2.41. The van der Waals surface area contributed by atoms with Gasteiger partial charge in [-0.1, -0.05) is 47.5 Å². The molecule has 2 N–H and O–H groups in total. The first-order valence-electron chi connectivity index (χ1n) is 11.4. The van der Waals surface area contributed by atoms with Gasteiger partial charge in [0.15, 0.2) is 5.11 Å². The number of hydrogen-bond acceptors (Lipinski definition) is 4. The third-order valence-corrected chi connectivity index (χ3v) is 7.05. The Labute approximate surface area is 224 Å². The van der Waals surface area contributed by atoms with Crippen LogP contribution in [0.5, 0.6) is 0 Å². The third-order valence-electron chi connectivity index (χ3n) is 5.96. The second-order valence-electron chi connectivity index (χ2n) is 8.32. The molecule has 1 aliphatic heterocycles. The van der Waals surface area contributed by atoms with Crippen LogP contribution in [-0.4, -0.2) is 27.4 Å². The second-order valence-corrected chi connectivity index (χ2v) is 9.52. The summed E-state index contributed by atoms with van der Waals surface area (Å²) < 4.78 is 6.31. The maximum Gasteiger partial charge on any atom is 0.226 e. The van der Waals surface area contributed by atoms with Crippen molar-refractivity contribution >= 4 is 52.1 Å². The van der Waals surface area contributed by atoms with Gasteiger partial charge in [0.2, 0.25) is 5.91 Å². The number of anilines is 1. The van der Waals surface area contributed by atoms with Gasteiger partial charge in [-0.2, -0.15) is 0 Å². The number of halogens is 2. The molecule has 9 heteroatoms. The lowest BCUT2D eigenvalue weighted by Crippen LogP contribution is -2.32. The molecule has 0 aliphatic carbocycles. The van der Waals surface area contributed by atoms with Crippen LogP contribution in [0, 0.1) is 0 Å². The first-order valence-corrected chi connectivity index (χ1v) is 12.5. The SMILES string of the molecule is O=C(CCN1C(=S)N[C@@H](c2ccccn2)[C@H]1c1ccc(-c2ccc(Cl)c(Cl)c2)o1)Nc1ccccc1. The molecule has 1 aliphatic rings. The Bertz CT molecular complexity index is 1380. The van der Waals surface area contributed by atoms with Gasteiger partial charge in [-0.25, -0.2) is 0 Å². The minimum absolute atomic E-state index is 0.0972. The fourth-order valence-electron chi connectivity index (χ4n) is 4.24. The smallest absolute Gasteiger partial charge is 0.226 e. The molecule has 1 fully saturated rings. The van der Waals surface area contributed by atoms with Gasteiger partial charge in [0.1, 0.15) is 17.6 Å². The van der Waals surface area contributed by atoms with E-state index in [-0.39, 0.29) is 24.4 Å². The molecule has 3 heterocycles. The molecular weight excluding hydrogens is 515 g/mol. The number of pyridine rings is 1. The summed E-state index contributed by atoms with van der Waals surface area (Å²) in [5.41, 5.74) is 2.39. The van der Waals surface area contributed by atoms with Crippen molar-refractivity contribution in [3.63, 3.8) is 0 Å². The highest BCUT2D eigenvalue weighted by atomic mass is 35.5. The van der Waals surface area contributed by atoms with Crippen LogP contribution in [0.4, 0.5) is 5.69 Å². The van der Waals surface area contributed by atoms with Crippen molar-refractivity contribution < 1.29 is 9.21 Å². The summed E-state index contributed by atoms with van der Waals surface area (Å²) in [6, 6.07) is 23.8. The average Bonchev–Trinajstić information content (AvgIpc) is 3.50. The summed E-state index contributed by atoms with van der Waals surface area (Å²) in [5, 5.41) is 7.77. The molecule has 36 heavy (non-hydrogen) atoms. The molecule has 4 aromatic rings. The lowest BCUT2D eigenvalue weighted by atomic mass is 10.0. The quantitative estimate of drug-likeness (QED) is 0.257. The Kier molecular flexibility index (Phi) is 7.23. The molecule has 0 saturated carbocycles. The highest BCUT2D eigenvalue weighted by molar-refractivity contribution is 7.80. The second kappa shape index (κ2) is 10.7. The lowest BCUT2D eigenvalue weighted by molar-refractivity contribution is -0.116. The third kappa shape index (κ3) is 5.23. The van der Waals surface area contributed by atoms with Crippen LogP contribution in [0.2, 0.25) is 10.0 Å². The van der Waals surface area contributed by atoms with E-state index in [1.54, 1.807) is 18.3 Å². The molecule has 5 rings (SSSR count). The Morgan fingerprint density at radius 2 is 1.83 bits per heavy atom. The van der Waals surface area contributed by atoms with Crippen LogP contribution in [0.25, 0.3) is 11.3 Å². The Balaban J connectivity index is 1.41. The van der Waals surface area contributed by atoms with Crippen LogP contribution in [0.3, 0.4) is 0 Å². The minimum atomic E-state index is -0.298. The molecule has 2 atom stereocenters. The molecular formula is C27H22Cl2N4O2S. The summed E-state index contributed by atoms with van der Waals surface area (Å²) in [6.07, 6.45) is 2.00. The van der Waals surface area contributed by atoms with E-state index in [0.29, 0.717) is 33.2 Å². The number of benzene rings is 2. The zero-order valence-electron chi connectivity index (χ0n) is 19.0. The summed E-state index contributed by atoms with van der Waals surface area (Å²) in [7, 11) is 0. The van der Waals surface area contributed by atoms with E-state index in [4.69, 9.17) is 39.8 Å². The van der Waals surface area contributed by atoms with Gasteiger partial charge in [0.05, 0.1) is 21.8 Å². The van der Waals surface area contributed by atoms with Gasteiger partial charge in [-0.15, -0.1) is 0 Å². The Hall–Kier alpha value is -3.39. The maximum absolute atomic E-state index is 12.7. The largest absolute Gasteiger partial charge is 0.459 e. The highest BCUT2D eigenvalue weighted by Crippen LogP contribution is 2.41. The number of carbonyl (C=O) groups excluding carboxylic acids is 1. The maximum atomic E-state index is 12.7. The minimum Gasteiger partial charge on any atom is -0.459 e. The number of hydrogen-bond donors (Lipinski definition) is 2. The van der Waals surface area contributed by atoms with E-state index in [2.05, 4.69) is 15.6 Å². The number of para-hydroxylation sites is 1. The van der Waals surface area contributed by atoms with Crippen LogP contribution in [0.15, 0.2) is 89.5 Å². The van der Waals surface area contributed by atoms with E-state index in [9.17, 15) is 4.79 Å². The summed E-state index contributed by atoms with van der Waals surface area (Å²) in [4.78, 5) is 19.2. The van der Waals surface area contributed by atoms with Crippen LogP contribution < -0.4 is 10.6 Å². The zero-order chi connectivity index (χ0) is 25.1. The Morgan fingerprint density at radius 1 is 1.03 bits per heavy atom. The van der Waals surface area contributed by atoms with Crippen molar-refractivity contribution in [2.75, 3.05) is 11.9 Å². The summed E-state index contributed by atoms with van der Waals surface area (Å²) in [6.45, 7) is 0.404. The van der Waals surface area contributed by atoms with Gasteiger partial charge >= 0.3 is 0 Å². The molecule has 0 unspecified atom stereocenters. The number of furan rings is 1. The number of thiocarbonyl (C=S) groups is 1. The number of nitrogens with zero attached hydrogens (tertiary/aromatic N) is 2. The van der Waals surface area contributed by atoms with E-state index in [1.165, 1.54) is 0 Å². The summed E-state index contributed by atoms with van der Waals surface area (Å²) in [5.74, 6) is 1.26. The Morgan fingerprint density at radius 3 is 2.58 bits per heavy atom. The van der Waals surface area contributed by atoms with Crippen LogP contribution in [-0.2, 0) is 4.79 Å². The first-order chi connectivity index (χ1) is 17.5. The molecule has 0 bridgehead atoms. The van der Waals surface area contributed by atoms with E-state index >= 15 is 0 Å². The van der Waals surface area contributed by atoms with Crippen molar-refractivity contribution in [2.45, 2.75) is 18.5 Å². The fraction of sp³-hybridized carbons (Fsp3) is 0.148. The van der Waals surface area contributed by atoms with Crippen molar-refractivity contribution in [2.24, 2.45) is 0 Å². The molecule has 6 nitrogen and oxygen atoms in total. The zero-order valence-corrected chi connectivity index (χ0v) is 21.4. The van der Waals surface area contributed by atoms with E-state index in [1.807, 2.05) is 71.6 Å². The van der Waals surface area contributed by atoms with Gasteiger partial charge in [-0.05, 0) is 66.8 Å². The van der Waals surface area contributed by atoms with Gasteiger partial charge in [-0.3, -0.25) is 9.78 Å². The molecule has 0 spiro atoms. The van der Waals surface area contributed by atoms with Crippen molar-refractivity contribution in [3.05, 3.63) is 107 Å². The van der Waals surface area contributed by atoms with E-state index in [0.717, 1.165) is 16.9 Å². The van der Waals surface area contributed by atoms with Crippen molar-refractivity contribution in [3.8, 4) is 11.3 Å². The molecule has 182 valence electrons. The molecule has 2 aromatic carbocycles. The number of aromatic nitrogens is 1. The average molecular weight is 537 g/mol. The number of amides is 1. The van der Waals surface area contributed by atoms with Gasteiger partial charge in [0.25, 0.3) is 0 Å². The summed E-state index contributed by atoms with van der Waals surface area (Å²) >= 11 is 18.0. The number of carbonyl (C=O) groups is 1. The number of rotatable bonds is 7. The van der Waals surface area contributed by atoms with Crippen LogP contribution >= 0.6 is 35.4 Å². The normalized spacial score (nSPS) is 17.2. The fourth-order valence-corrected chi connectivity index (χ4v) is 4.87. The predicted octanol–water partition coefficient (Wildman–Crippen LogP) is 6.65. The predicted molar refractivity (Wildman–Crippen MR) is 146 cm³/mol. The van der Waals surface area contributed by atoms with Gasteiger partial charge < -0.3 is 20.0 Å². The van der Waals surface area contributed by atoms with E-state index < -0.39 is 0 Å². The molecule has 2 aromatic heterocycles. The molecule has 0 radical (unpaired) electrons. The molecule has 1 saturated heterocycles. The van der Waals surface area contributed by atoms with Crippen molar-refractivity contribution in [1.82, 2.24) is 15.2 Å². The lowest BCUT2D eigenvalue weighted by Gasteiger charge is -2.25. The molecule has 1 amide bonds. The van der Waals surface area contributed by atoms with Gasteiger partial charge in [0, 0.05) is 30.4 Å². The van der Waals surface area contributed by atoms with Crippen molar-refractivity contribution in [1.29, 1.82) is 0 Å². The topological polar surface area (TPSA) is 70.4 Å². The number of nitrogens with one attached hydrogen (secondary N) is 2. The van der Waals surface area contributed by atoms with Crippen LogP contribution in [0.1, 0.15) is 30.0 Å². The standard InChI is InChI=1S/C27H22Cl2N4O2S/c28-19-10-9-17(16-20(19)29)22-11-12-23(35-22)26-25(21-8-4-5-14-30-21)32-27(36)33(26)15-13-24(34)31-18-6-2-1-3-7-18/h1-12,14,16,25-26H,13,15H2,(H,31,34)(H,32,36)/t25-,26+/m0/s1.